The van der Waals surface area contributed by atoms with E-state index in [1.54, 1.807) is 19.1 Å². The number of nitrogens with zero attached hydrogens (tertiary/aromatic N) is 1. The first-order valence-corrected chi connectivity index (χ1v) is 11.0. The minimum absolute atomic E-state index is 0.162. The maximum atomic E-state index is 13.3. The van der Waals surface area contributed by atoms with E-state index >= 15 is 0 Å². The highest BCUT2D eigenvalue weighted by Gasteiger charge is 2.28. The molecule has 6 heteroatoms. The monoisotopic (exact) mass is 426 g/mol. The van der Waals surface area contributed by atoms with Crippen LogP contribution in [0.1, 0.15) is 50.2 Å². The molecular formula is C25H31FN2O3. The molecule has 2 aromatic rings. The van der Waals surface area contributed by atoms with Gasteiger partial charge in [-0.25, -0.2) is 4.39 Å². The molecule has 5 nitrogen and oxygen atoms in total. The molecular weight excluding hydrogens is 395 g/mol. The van der Waals surface area contributed by atoms with Gasteiger partial charge in [0.25, 0.3) is 5.91 Å². The third-order valence-corrected chi connectivity index (χ3v) is 5.77. The smallest absolute Gasteiger partial charge is 0.261 e. The minimum Gasteiger partial charge on any atom is -0.484 e. The topological polar surface area (TPSA) is 58.6 Å². The highest BCUT2D eigenvalue weighted by atomic mass is 19.1. The molecule has 2 aromatic carbocycles. The van der Waals surface area contributed by atoms with Crippen molar-refractivity contribution in [2.75, 3.05) is 6.61 Å². The second-order valence-electron chi connectivity index (χ2n) is 8.27. The molecule has 166 valence electrons. The van der Waals surface area contributed by atoms with Crippen molar-refractivity contribution >= 4 is 11.8 Å². The second-order valence-corrected chi connectivity index (χ2v) is 8.27. The number of halogens is 1. The van der Waals surface area contributed by atoms with E-state index in [9.17, 15) is 14.0 Å². The van der Waals surface area contributed by atoms with E-state index in [0.717, 1.165) is 36.8 Å². The predicted molar refractivity (Wildman–Crippen MR) is 118 cm³/mol. The number of carbonyl (C=O) groups excluding carboxylic acids is 2. The lowest BCUT2D eigenvalue weighted by atomic mass is 9.95. The summed E-state index contributed by atoms with van der Waals surface area (Å²) < 4.78 is 19.0. The zero-order valence-electron chi connectivity index (χ0n) is 18.3. The average Bonchev–Trinajstić information content (AvgIpc) is 2.78. The Kier molecular flexibility index (Phi) is 8.04. The number of aryl methyl sites for hydroxylation is 1. The van der Waals surface area contributed by atoms with Gasteiger partial charge in [0, 0.05) is 12.6 Å². The van der Waals surface area contributed by atoms with Crippen LogP contribution >= 0.6 is 0 Å². The normalized spacial score (nSPS) is 15.2. The molecule has 0 aliphatic heterocycles. The number of rotatable bonds is 8. The molecule has 0 bridgehead atoms. The summed E-state index contributed by atoms with van der Waals surface area (Å²) in [5, 5.41) is 3.10. The van der Waals surface area contributed by atoms with Crippen LogP contribution < -0.4 is 10.1 Å². The average molecular weight is 427 g/mol. The highest BCUT2D eigenvalue weighted by molar-refractivity contribution is 5.88. The lowest BCUT2D eigenvalue weighted by molar-refractivity contribution is -0.142. The summed E-state index contributed by atoms with van der Waals surface area (Å²) in [4.78, 5) is 27.4. The Morgan fingerprint density at radius 2 is 1.71 bits per heavy atom. The standard InChI is InChI=1S/C25H31FN2O3/c1-18-8-14-23(15-9-18)31-17-24(29)28(16-20-10-12-21(26)13-11-20)19(2)25(30)27-22-6-4-3-5-7-22/h8-15,19,22H,3-7,16-17H2,1-2H3,(H,27,30)/t19-/m1/s1. The Bertz CT molecular complexity index is 861. The molecule has 1 aliphatic carbocycles. The molecule has 0 unspecified atom stereocenters. The maximum Gasteiger partial charge on any atom is 0.261 e. The van der Waals surface area contributed by atoms with Gasteiger partial charge in [0.15, 0.2) is 6.61 Å². The van der Waals surface area contributed by atoms with E-state index < -0.39 is 6.04 Å². The summed E-state index contributed by atoms with van der Waals surface area (Å²) in [7, 11) is 0. The van der Waals surface area contributed by atoms with Crippen LogP contribution in [-0.4, -0.2) is 35.4 Å². The number of benzene rings is 2. The predicted octanol–water partition coefficient (Wildman–Crippen LogP) is 4.38. The first-order chi connectivity index (χ1) is 14.9. The fourth-order valence-electron chi connectivity index (χ4n) is 3.80. The van der Waals surface area contributed by atoms with E-state index in [1.807, 2.05) is 31.2 Å². The van der Waals surface area contributed by atoms with Gasteiger partial charge in [-0.2, -0.15) is 0 Å². The summed E-state index contributed by atoms with van der Waals surface area (Å²) in [6, 6.07) is 12.9. The number of amides is 2. The van der Waals surface area contributed by atoms with E-state index in [-0.39, 0.29) is 36.8 Å². The summed E-state index contributed by atoms with van der Waals surface area (Å²) in [5.74, 6) is -0.207. The van der Waals surface area contributed by atoms with Gasteiger partial charge in [-0.05, 0) is 56.5 Å². The Balaban J connectivity index is 1.69. The van der Waals surface area contributed by atoms with E-state index in [4.69, 9.17) is 4.74 Å². The third kappa shape index (κ3) is 6.81. The van der Waals surface area contributed by atoms with Crippen LogP contribution in [0, 0.1) is 12.7 Å². The van der Waals surface area contributed by atoms with Crippen molar-refractivity contribution in [2.24, 2.45) is 0 Å². The number of carbonyl (C=O) groups is 2. The summed E-state index contributed by atoms with van der Waals surface area (Å²) in [5.41, 5.74) is 1.85. The first-order valence-electron chi connectivity index (χ1n) is 11.0. The van der Waals surface area contributed by atoms with Crippen molar-refractivity contribution in [3.8, 4) is 5.75 Å². The van der Waals surface area contributed by atoms with E-state index in [1.165, 1.54) is 23.5 Å². The quantitative estimate of drug-likeness (QED) is 0.682. The molecule has 0 aromatic heterocycles. The zero-order chi connectivity index (χ0) is 22.2. The molecule has 2 amide bonds. The number of nitrogens with one attached hydrogen (secondary N) is 1. The number of hydrogen-bond acceptors (Lipinski definition) is 3. The van der Waals surface area contributed by atoms with Crippen LogP contribution in [0.2, 0.25) is 0 Å². The summed E-state index contributed by atoms with van der Waals surface area (Å²) in [6.07, 6.45) is 5.37. The van der Waals surface area contributed by atoms with E-state index in [2.05, 4.69) is 5.32 Å². The van der Waals surface area contributed by atoms with Gasteiger partial charge in [-0.15, -0.1) is 0 Å². The number of hydrogen-bond donors (Lipinski definition) is 1. The van der Waals surface area contributed by atoms with Gasteiger partial charge in [0.1, 0.15) is 17.6 Å². The second kappa shape index (κ2) is 10.9. The first kappa shape index (κ1) is 22.8. The highest BCUT2D eigenvalue weighted by Crippen LogP contribution is 2.19. The van der Waals surface area contributed by atoms with Crippen molar-refractivity contribution < 1.29 is 18.7 Å². The summed E-state index contributed by atoms with van der Waals surface area (Å²) >= 11 is 0. The van der Waals surface area contributed by atoms with Crippen molar-refractivity contribution in [3.05, 3.63) is 65.5 Å². The van der Waals surface area contributed by atoms with Crippen molar-refractivity contribution in [2.45, 2.75) is 64.6 Å². The Hall–Kier alpha value is -2.89. The Morgan fingerprint density at radius 3 is 2.35 bits per heavy atom. The molecule has 1 atom stereocenters. The molecule has 1 fully saturated rings. The lowest BCUT2D eigenvalue weighted by Crippen LogP contribution is -2.51. The lowest BCUT2D eigenvalue weighted by Gasteiger charge is -2.31. The largest absolute Gasteiger partial charge is 0.484 e. The van der Waals surface area contributed by atoms with Gasteiger partial charge in [-0.3, -0.25) is 9.59 Å². The molecule has 0 spiro atoms. The van der Waals surface area contributed by atoms with Crippen molar-refractivity contribution in [1.29, 1.82) is 0 Å². The molecule has 31 heavy (non-hydrogen) atoms. The molecule has 1 N–H and O–H groups in total. The molecule has 1 saturated carbocycles. The van der Waals surface area contributed by atoms with Gasteiger partial charge >= 0.3 is 0 Å². The Labute approximate surface area is 183 Å². The van der Waals surface area contributed by atoms with Crippen LogP contribution in [0.5, 0.6) is 5.75 Å². The van der Waals surface area contributed by atoms with Crippen molar-refractivity contribution in [3.63, 3.8) is 0 Å². The molecule has 0 heterocycles. The van der Waals surface area contributed by atoms with Crippen LogP contribution in [0.3, 0.4) is 0 Å². The fourth-order valence-corrected chi connectivity index (χ4v) is 3.80. The maximum absolute atomic E-state index is 13.3. The molecule has 3 rings (SSSR count). The molecule has 0 saturated heterocycles. The van der Waals surface area contributed by atoms with Gasteiger partial charge in [0.05, 0.1) is 0 Å². The van der Waals surface area contributed by atoms with Crippen molar-refractivity contribution in [1.82, 2.24) is 10.2 Å². The van der Waals surface area contributed by atoms with E-state index in [0.29, 0.717) is 5.75 Å². The van der Waals surface area contributed by atoms with Crippen LogP contribution in [0.4, 0.5) is 4.39 Å². The SMILES string of the molecule is Cc1ccc(OCC(=O)N(Cc2ccc(F)cc2)[C@H](C)C(=O)NC2CCCCC2)cc1. The molecule has 0 radical (unpaired) electrons. The van der Waals surface area contributed by atoms with Crippen LogP contribution in [0.15, 0.2) is 48.5 Å². The third-order valence-electron chi connectivity index (χ3n) is 5.77. The summed E-state index contributed by atoms with van der Waals surface area (Å²) in [6.45, 7) is 3.73. The minimum atomic E-state index is -0.666. The fraction of sp³-hybridized carbons (Fsp3) is 0.440. The zero-order valence-corrected chi connectivity index (χ0v) is 18.3. The van der Waals surface area contributed by atoms with Gasteiger partial charge in [-0.1, -0.05) is 49.1 Å². The van der Waals surface area contributed by atoms with Gasteiger partial charge in [0.2, 0.25) is 5.91 Å². The van der Waals surface area contributed by atoms with Crippen LogP contribution in [-0.2, 0) is 16.1 Å². The molecule has 1 aliphatic rings. The van der Waals surface area contributed by atoms with Gasteiger partial charge < -0.3 is 15.0 Å². The Morgan fingerprint density at radius 1 is 1.06 bits per heavy atom. The number of ether oxygens (including phenoxy) is 1. The van der Waals surface area contributed by atoms with Crippen LogP contribution in [0.25, 0.3) is 0 Å².